The van der Waals surface area contributed by atoms with Crippen LogP contribution >= 0.6 is 11.8 Å². The number of aromatic nitrogens is 2. The molecule has 3 heterocycles. The van der Waals surface area contributed by atoms with Crippen molar-refractivity contribution in [3.05, 3.63) is 52.8 Å². The van der Waals surface area contributed by atoms with Crippen LogP contribution in [0.3, 0.4) is 0 Å². The number of carbonyl (C=O) groups excluding carboxylic acids is 2. The van der Waals surface area contributed by atoms with Crippen molar-refractivity contribution in [1.82, 2.24) is 13.9 Å². The van der Waals surface area contributed by atoms with Crippen molar-refractivity contribution in [2.24, 2.45) is 7.05 Å². The first-order valence-corrected chi connectivity index (χ1v) is 11.5. The number of aryl methyl sites for hydroxylation is 1. The van der Waals surface area contributed by atoms with E-state index in [4.69, 9.17) is 4.74 Å². The fourth-order valence-corrected chi connectivity index (χ4v) is 6.36. The van der Waals surface area contributed by atoms with Gasteiger partial charge in [-0.05, 0) is 0 Å². The molecule has 0 N–H and O–H groups in total. The fourth-order valence-electron chi connectivity index (χ4n) is 3.93. The molecule has 3 aliphatic rings. The molecular formula is C20H19N3O4S2. The molecule has 2 aromatic rings. The lowest BCUT2D eigenvalue weighted by molar-refractivity contribution is -0.111. The highest BCUT2D eigenvalue weighted by atomic mass is 32.2. The summed E-state index contributed by atoms with van der Waals surface area (Å²) in [6.45, 7) is 1.22. The van der Waals surface area contributed by atoms with E-state index in [-0.39, 0.29) is 0 Å². The second kappa shape index (κ2) is 6.93. The molecule has 1 aliphatic carbocycles. The molecule has 1 atom stereocenters. The largest absolute Gasteiger partial charge is 0.484 e. The van der Waals surface area contributed by atoms with Gasteiger partial charge in [-0.25, -0.2) is 13.5 Å². The summed E-state index contributed by atoms with van der Waals surface area (Å²) in [5.41, 5.74) is 0.669. The lowest BCUT2D eigenvalue weighted by atomic mass is 9.90. The topological polar surface area (TPSA) is 81.5 Å². The van der Waals surface area contributed by atoms with Crippen molar-refractivity contribution >= 4 is 40.1 Å². The number of thioether (sulfide) groups is 1. The van der Waals surface area contributed by atoms with Crippen molar-refractivity contribution in [3.8, 4) is 0 Å². The summed E-state index contributed by atoms with van der Waals surface area (Å²) in [6.07, 6.45) is 4.80. The Kier molecular flexibility index (Phi) is 4.49. The number of rotatable bonds is 2. The molecule has 1 aromatic carbocycles. The molecule has 0 bridgehead atoms. The highest BCUT2D eigenvalue weighted by molar-refractivity contribution is 8.04. The molecule has 0 amide bonds. The molecule has 9 heteroatoms. The van der Waals surface area contributed by atoms with E-state index in [2.05, 4.69) is 4.98 Å². The normalized spacial score (nSPS) is 22.2. The first kappa shape index (κ1) is 18.8. The van der Waals surface area contributed by atoms with Crippen LogP contribution in [0, 0.1) is 0 Å². The molecule has 7 nitrogen and oxygen atoms in total. The number of hydrogen-bond donors (Lipinski definition) is 0. The summed E-state index contributed by atoms with van der Waals surface area (Å²) >= 11 is 1.41. The van der Waals surface area contributed by atoms with Crippen LogP contribution in [0.4, 0.5) is 0 Å². The van der Waals surface area contributed by atoms with Gasteiger partial charge in [-0.2, -0.15) is 0 Å². The van der Waals surface area contributed by atoms with Gasteiger partial charge in [0.05, 0.1) is 6.33 Å². The molecule has 1 aromatic heterocycles. The molecular weight excluding hydrogens is 410 g/mol. The van der Waals surface area contributed by atoms with E-state index in [9.17, 15) is 13.8 Å². The maximum atomic E-state index is 12.8. The number of fused-ring (bicyclic) bond motifs is 2. The average Bonchev–Trinajstić information content (AvgIpc) is 3.18. The van der Waals surface area contributed by atoms with Crippen LogP contribution < -0.4 is 0 Å². The molecule has 2 aliphatic heterocycles. The molecule has 1 spiro atoms. The van der Waals surface area contributed by atoms with Gasteiger partial charge in [-0.1, -0.05) is 24.3 Å². The molecule has 1 fully saturated rings. The Morgan fingerprint density at radius 2 is 1.86 bits per heavy atom. The first-order valence-electron chi connectivity index (χ1n) is 9.37. The SMILES string of the molecule is Cn1cnc(S(=O)N2CCC3(CC2)CSC2=C(O3)c3ccccc3C(=O)C2=O)c1. The van der Waals surface area contributed by atoms with Crippen LogP contribution in [-0.2, 0) is 27.6 Å². The van der Waals surface area contributed by atoms with Gasteiger partial charge in [-0.15, -0.1) is 11.8 Å². The van der Waals surface area contributed by atoms with E-state index < -0.39 is 28.2 Å². The number of allylic oxidation sites excluding steroid dienone is 1. The number of nitrogens with zero attached hydrogens (tertiary/aromatic N) is 3. The maximum Gasteiger partial charge on any atom is 0.243 e. The van der Waals surface area contributed by atoms with Crippen LogP contribution in [0.25, 0.3) is 5.76 Å². The summed E-state index contributed by atoms with van der Waals surface area (Å²) in [7, 11) is 0.556. The third kappa shape index (κ3) is 3.08. The van der Waals surface area contributed by atoms with Crippen LogP contribution in [0.5, 0.6) is 0 Å². The summed E-state index contributed by atoms with van der Waals surface area (Å²) in [6, 6.07) is 7.11. The second-order valence-corrected chi connectivity index (χ2v) is 9.91. The number of piperidine rings is 1. The van der Waals surface area contributed by atoms with Gasteiger partial charge >= 0.3 is 0 Å². The molecule has 150 valence electrons. The van der Waals surface area contributed by atoms with E-state index in [1.54, 1.807) is 29.2 Å². The zero-order valence-corrected chi connectivity index (χ0v) is 17.4. The minimum absolute atomic E-state index is 0.405. The molecule has 0 radical (unpaired) electrons. The highest BCUT2D eigenvalue weighted by Gasteiger charge is 2.46. The Labute approximate surface area is 174 Å². The monoisotopic (exact) mass is 429 g/mol. The number of hydrogen-bond acceptors (Lipinski definition) is 6. The summed E-state index contributed by atoms with van der Waals surface area (Å²) in [5, 5.41) is 0.553. The van der Waals surface area contributed by atoms with E-state index >= 15 is 0 Å². The summed E-state index contributed by atoms with van der Waals surface area (Å²) < 4.78 is 22.9. The Morgan fingerprint density at radius 1 is 1.14 bits per heavy atom. The Hall–Kier alpha value is -2.23. The van der Waals surface area contributed by atoms with Gasteiger partial charge < -0.3 is 9.30 Å². The number of ether oxygens (including phenoxy) is 1. The smallest absolute Gasteiger partial charge is 0.243 e. The van der Waals surface area contributed by atoms with Crippen molar-refractivity contribution in [2.45, 2.75) is 23.5 Å². The molecule has 1 saturated heterocycles. The lowest BCUT2D eigenvalue weighted by Gasteiger charge is -2.44. The Morgan fingerprint density at radius 3 is 2.55 bits per heavy atom. The van der Waals surface area contributed by atoms with E-state index in [1.165, 1.54) is 11.8 Å². The van der Waals surface area contributed by atoms with Crippen molar-refractivity contribution in [2.75, 3.05) is 18.8 Å². The number of Topliss-reactive ketones (excluding diaryl/α,β-unsaturated/α-hetero) is 2. The second-order valence-electron chi connectivity index (χ2n) is 7.49. The first-order chi connectivity index (χ1) is 14.0. The lowest BCUT2D eigenvalue weighted by Crippen LogP contribution is -2.49. The third-order valence-electron chi connectivity index (χ3n) is 5.56. The highest BCUT2D eigenvalue weighted by Crippen LogP contribution is 2.47. The number of ketones is 2. The average molecular weight is 430 g/mol. The minimum atomic E-state index is -1.30. The number of imidazole rings is 1. The van der Waals surface area contributed by atoms with Crippen molar-refractivity contribution in [3.63, 3.8) is 0 Å². The fraction of sp³-hybridized carbons (Fsp3) is 0.350. The number of carbonyl (C=O) groups is 2. The quantitative estimate of drug-likeness (QED) is 0.681. The maximum absolute atomic E-state index is 12.8. The molecule has 1 unspecified atom stereocenters. The van der Waals surface area contributed by atoms with Crippen LogP contribution in [0.1, 0.15) is 28.8 Å². The summed E-state index contributed by atoms with van der Waals surface area (Å²) in [4.78, 5) is 29.5. The standard InChI is InChI=1S/C20H19N3O4S2/c1-22-10-15(21-12-22)29(26)23-8-6-20(7-9-23)11-28-19-17(25)16(24)13-4-2-3-5-14(13)18(19)27-20/h2-5,10,12H,6-9,11H2,1H3. The summed E-state index contributed by atoms with van der Waals surface area (Å²) in [5.74, 6) is 0.192. The third-order valence-corrected chi connectivity index (χ3v) is 8.29. The van der Waals surface area contributed by atoms with Crippen LogP contribution in [0.15, 0.2) is 46.7 Å². The van der Waals surface area contributed by atoms with Crippen LogP contribution in [0.2, 0.25) is 0 Å². The van der Waals surface area contributed by atoms with Gasteiger partial charge in [0.2, 0.25) is 11.6 Å². The van der Waals surface area contributed by atoms with Gasteiger partial charge in [0, 0.05) is 56.1 Å². The Bertz CT molecular complexity index is 1080. The predicted octanol–water partition coefficient (Wildman–Crippen LogP) is 2.17. The minimum Gasteiger partial charge on any atom is -0.484 e. The number of benzene rings is 1. The van der Waals surface area contributed by atoms with Gasteiger partial charge in [0.25, 0.3) is 0 Å². The Balaban J connectivity index is 1.37. The predicted molar refractivity (Wildman–Crippen MR) is 109 cm³/mol. The zero-order chi connectivity index (χ0) is 20.2. The van der Waals surface area contributed by atoms with Gasteiger partial charge in [0.1, 0.15) is 27.3 Å². The molecule has 29 heavy (non-hydrogen) atoms. The van der Waals surface area contributed by atoms with Gasteiger partial charge in [0.15, 0.2) is 5.03 Å². The van der Waals surface area contributed by atoms with Crippen molar-refractivity contribution < 1.29 is 18.5 Å². The molecule has 0 saturated carbocycles. The van der Waals surface area contributed by atoms with Gasteiger partial charge in [-0.3, -0.25) is 9.59 Å². The van der Waals surface area contributed by atoms with E-state index in [0.29, 0.717) is 58.5 Å². The van der Waals surface area contributed by atoms with Crippen molar-refractivity contribution in [1.29, 1.82) is 0 Å². The molecule has 5 rings (SSSR count). The van der Waals surface area contributed by atoms with Crippen LogP contribution in [-0.4, -0.2) is 54.1 Å². The zero-order valence-electron chi connectivity index (χ0n) is 15.8. The van der Waals surface area contributed by atoms with E-state index in [1.807, 2.05) is 23.5 Å². The van der Waals surface area contributed by atoms with E-state index in [0.717, 1.165) is 0 Å².